The normalized spacial score (nSPS) is 11.3. The first-order chi connectivity index (χ1) is 12.9. The summed E-state index contributed by atoms with van der Waals surface area (Å²) in [6.07, 6.45) is 1.87. The highest BCUT2D eigenvalue weighted by atomic mass is 16.5. The largest absolute Gasteiger partial charge is 0.497 e. The molecule has 6 heteroatoms. The molecule has 0 aliphatic rings. The number of hydrogen-bond acceptors (Lipinski definition) is 4. The Labute approximate surface area is 158 Å². The summed E-state index contributed by atoms with van der Waals surface area (Å²) in [6, 6.07) is 11.1. The fourth-order valence-electron chi connectivity index (χ4n) is 3.07. The Kier molecular flexibility index (Phi) is 4.99. The van der Waals surface area contributed by atoms with E-state index in [1.54, 1.807) is 39.5 Å². The molecule has 6 nitrogen and oxygen atoms in total. The predicted molar refractivity (Wildman–Crippen MR) is 106 cm³/mol. The van der Waals surface area contributed by atoms with Gasteiger partial charge in [0.1, 0.15) is 5.75 Å². The standard InChI is InChI=1S/C21H24N2O4/c1-21(2,16-12-22-17-8-7-14(25-3)11-15(16)17)20(24)23-13-6-9-18(26-4)19(10-13)27-5/h6-12,22H,1-5H3,(H,23,24). The lowest BCUT2D eigenvalue weighted by Gasteiger charge is -2.24. The zero-order valence-electron chi connectivity index (χ0n) is 16.2. The van der Waals surface area contributed by atoms with E-state index >= 15 is 0 Å². The molecule has 3 rings (SSSR count). The van der Waals surface area contributed by atoms with Crippen LogP contribution in [-0.2, 0) is 10.2 Å². The molecule has 0 spiro atoms. The van der Waals surface area contributed by atoms with Gasteiger partial charge in [-0.2, -0.15) is 0 Å². The van der Waals surface area contributed by atoms with Crippen molar-refractivity contribution in [2.24, 2.45) is 0 Å². The third-order valence-electron chi connectivity index (χ3n) is 4.77. The summed E-state index contributed by atoms with van der Waals surface area (Å²) in [6.45, 7) is 3.79. The lowest BCUT2D eigenvalue weighted by atomic mass is 9.83. The zero-order valence-corrected chi connectivity index (χ0v) is 16.2. The van der Waals surface area contributed by atoms with Crippen LogP contribution in [0.1, 0.15) is 19.4 Å². The molecule has 1 aromatic heterocycles. The van der Waals surface area contributed by atoms with Gasteiger partial charge < -0.3 is 24.5 Å². The Morgan fingerprint density at radius 2 is 1.70 bits per heavy atom. The van der Waals surface area contributed by atoms with Crippen molar-refractivity contribution < 1.29 is 19.0 Å². The lowest BCUT2D eigenvalue weighted by molar-refractivity contribution is -0.120. The summed E-state index contributed by atoms with van der Waals surface area (Å²) in [5, 5.41) is 3.93. The van der Waals surface area contributed by atoms with E-state index in [2.05, 4.69) is 10.3 Å². The van der Waals surface area contributed by atoms with Gasteiger partial charge in [-0.3, -0.25) is 4.79 Å². The van der Waals surface area contributed by atoms with Crippen molar-refractivity contribution in [3.63, 3.8) is 0 Å². The first kappa shape index (κ1) is 18.6. The van der Waals surface area contributed by atoms with E-state index < -0.39 is 5.41 Å². The molecule has 0 bridgehead atoms. The number of amides is 1. The van der Waals surface area contributed by atoms with Gasteiger partial charge in [-0.1, -0.05) is 0 Å². The van der Waals surface area contributed by atoms with Crippen molar-refractivity contribution >= 4 is 22.5 Å². The molecule has 0 aliphatic heterocycles. The molecule has 0 aliphatic carbocycles. The summed E-state index contributed by atoms with van der Waals surface area (Å²) in [4.78, 5) is 16.3. The van der Waals surface area contributed by atoms with Gasteiger partial charge in [-0.15, -0.1) is 0 Å². The van der Waals surface area contributed by atoms with Crippen LogP contribution in [0.25, 0.3) is 10.9 Å². The number of aromatic nitrogens is 1. The van der Waals surface area contributed by atoms with Gasteiger partial charge in [0.2, 0.25) is 5.91 Å². The van der Waals surface area contributed by atoms with Gasteiger partial charge in [-0.05, 0) is 49.7 Å². The summed E-state index contributed by atoms with van der Waals surface area (Å²) in [5.41, 5.74) is 1.73. The number of anilines is 1. The fourth-order valence-corrected chi connectivity index (χ4v) is 3.07. The first-order valence-corrected chi connectivity index (χ1v) is 8.59. The maximum Gasteiger partial charge on any atom is 0.234 e. The van der Waals surface area contributed by atoms with E-state index in [-0.39, 0.29) is 5.91 Å². The van der Waals surface area contributed by atoms with Crippen LogP contribution in [0.3, 0.4) is 0 Å². The number of aromatic amines is 1. The molecule has 1 amide bonds. The monoisotopic (exact) mass is 368 g/mol. The van der Waals surface area contributed by atoms with Crippen LogP contribution in [0.2, 0.25) is 0 Å². The SMILES string of the molecule is COc1ccc2[nH]cc(C(C)(C)C(=O)Nc3ccc(OC)c(OC)c3)c2c1. The van der Waals surface area contributed by atoms with Crippen LogP contribution in [0, 0.1) is 0 Å². The quantitative estimate of drug-likeness (QED) is 0.687. The number of methoxy groups -OCH3 is 3. The molecule has 0 fully saturated rings. The van der Waals surface area contributed by atoms with Crippen LogP contribution >= 0.6 is 0 Å². The molecule has 1 heterocycles. The van der Waals surface area contributed by atoms with E-state index in [4.69, 9.17) is 14.2 Å². The second kappa shape index (κ2) is 7.23. The molecule has 0 atom stereocenters. The number of ether oxygens (including phenoxy) is 3. The van der Waals surface area contributed by atoms with Crippen molar-refractivity contribution in [3.8, 4) is 17.2 Å². The Bertz CT molecular complexity index is 975. The summed E-state index contributed by atoms with van der Waals surface area (Å²) in [5.74, 6) is 1.79. The number of benzene rings is 2. The number of carbonyl (C=O) groups excluding carboxylic acids is 1. The van der Waals surface area contributed by atoms with E-state index in [1.807, 2.05) is 38.2 Å². The Morgan fingerprint density at radius 3 is 2.37 bits per heavy atom. The van der Waals surface area contributed by atoms with Crippen molar-refractivity contribution in [2.75, 3.05) is 26.6 Å². The molecule has 0 saturated carbocycles. The van der Waals surface area contributed by atoms with Gasteiger partial charge in [0.05, 0.1) is 26.7 Å². The van der Waals surface area contributed by atoms with E-state index in [9.17, 15) is 4.79 Å². The minimum absolute atomic E-state index is 0.126. The smallest absolute Gasteiger partial charge is 0.234 e. The van der Waals surface area contributed by atoms with E-state index in [0.29, 0.717) is 17.2 Å². The molecule has 0 radical (unpaired) electrons. The van der Waals surface area contributed by atoms with Gasteiger partial charge in [-0.25, -0.2) is 0 Å². The molecule has 2 N–H and O–H groups in total. The third-order valence-corrected chi connectivity index (χ3v) is 4.77. The molecular formula is C21H24N2O4. The highest BCUT2D eigenvalue weighted by Crippen LogP contribution is 2.35. The number of nitrogens with one attached hydrogen (secondary N) is 2. The number of hydrogen-bond donors (Lipinski definition) is 2. The summed E-state index contributed by atoms with van der Waals surface area (Å²) >= 11 is 0. The van der Waals surface area contributed by atoms with Crippen molar-refractivity contribution in [2.45, 2.75) is 19.3 Å². The molecule has 0 saturated heterocycles. The first-order valence-electron chi connectivity index (χ1n) is 8.59. The molecule has 27 heavy (non-hydrogen) atoms. The van der Waals surface area contributed by atoms with Gasteiger partial charge in [0.25, 0.3) is 0 Å². The molecule has 3 aromatic rings. The zero-order chi connectivity index (χ0) is 19.6. The van der Waals surface area contributed by atoms with Crippen LogP contribution < -0.4 is 19.5 Å². The third kappa shape index (κ3) is 3.43. The minimum Gasteiger partial charge on any atom is -0.497 e. The number of fused-ring (bicyclic) bond motifs is 1. The van der Waals surface area contributed by atoms with Crippen LogP contribution in [-0.4, -0.2) is 32.2 Å². The second-order valence-electron chi connectivity index (χ2n) is 6.76. The van der Waals surface area contributed by atoms with Crippen molar-refractivity contribution in [3.05, 3.63) is 48.2 Å². The molecule has 2 aromatic carbocycles. The highest BCUT2D eigenvalue weighted by Gasteiger charge is 2.32. The average molecular weight is 368 g/mol. The lowest BCUT2D eigenvalue weighted by Crippen LogP contribution is -2.34. The summed E-state index contributed by atoms with van der Waals surface area (Å²) < 4.78 is 15.9. The molecule has 0 unspecified atom stereocenters. The number of H-pyrrole nitrogens is 1. The van der Waals surface area contributed by atoms with E-state index in [0.717, 1.165) is 22.2 Å². The average Bonchev–Trinajstić information content (AvgIpc) is 3.11. The highest BCUT2D eigenvalue weighted by molar-refractivity contribution is 6.02. The van der Waals surface area contributed by atoms with Crippen LogP contribution in [0.4, 0.5) is 5.69 Å². The fraction of sp³-hybridized carbons (Fsp3) is 0.286. The topological polar surface area (TPSA) is 72.6 Å². The maximum absolute atomic E-state index is 13.1. The number of carbonyl (C=O) groups is 1. The second-order valence-corrected chi connectivity index (χ2v) is 6.76. The summed E-state index contributed by atoms with van der Waals surface area (Å²) in [7, 11) is 4.76. The Balaban J connectivity index is 1.92. The minimum atomic E-state index is -0.766. The number of rotatable bonds is 6. The van der Waals surface area contributed by atoms with Gasteiger partial charge in [0, 0.05) is 28.9 Å². The molecular weight excluding hydrogens is 344 g/mol. The van der Waals surface area contributed by atoms with Gasteiger partial charge in [0.15, 0.2) is 11.5 Å². The van der Waals surface area contributed by atoms with E-state index in [1.165, 1.54) is 0 Å². The predicted octanol–water partition coefficient (Wildman–Crippen LogP) is 4.11. The van der Waals surface area contributed by atoms with Crippen molar-refractivity contribution in [1.82, 2.24) is 4.98 Å². The van der Waals surface area contributed by atoms with Gasteiger partial charge >= 0.3 is 0 Å². The molecule has 142 valence electrons. The maximum atomic E-state index is 13.1. The Morgan fingerprint density at radius 1 is 0.963 bits per heavy atom. The van der Waals surface area contributed by atoms with Crippen LogP contribution in [0.15, 0.2) is 42.6 Å². The van der Waals surface area contributed by atoms with Crippen molar-refractivity contribution in [1.29, 1.82) is 0 Å². The van der Waals surface area contributed by atoms with Crippen LogP contribution in [0.5, 0.6) is 17.2 Å². The Hall–Kier alpha value is -3.15.